The smallest absolute Gasteiger partial charge is 0.225 e. The number of hydrogen-bond donors (Lipinski definition) is 2. The van der Waals surface area contributed by atoms with Gasteiger partial charge >= 0.3 is 0 Å². The Bertz CT molecular complexity index is 1110. The molecule has 1 aliphatic heterocycles. The van der Waals surface area contributed by atoms with Gasteiger partial charge in [-0.05, 0) is 31.7 Å². The molecule has 0 aromatic carbocycles. The Morgan fingerprint density at radius 3 is 2.93 bits per heavy atom. The summed E-state index contributed by atoms with van der Waals surface area (Å²) in [5, 5.41) is 0.786. The molecule has 9 heteroatoms. The molecule has 1 amide bonds. The summed E-state index contributed by atoms with van der Waals surface area (Å²) in [5.74, 6) is 0.583. The number of nitrogens with zero attached hydrogens (tertiary/aromatic N) is 5. The van der Waals surface area contributed by atoms with E-state index in [2.05, 4.69) is 19.9 Å². The summed E-state index contributed by atoms with van der Waals surface area (Å²) in [7, 11) is 1.83. The molecule has 0 spiro atoms. The van der Waals surface area contributed by atoms with Crippen molar-refractivity contribution in [3.8, 4) is 11.4 Å². The van der Waals surface area contributed by atoms with Crippen LogP contribution in [0.5, 0.6) is 0 Å². The zero-order valence-corrected chi connectivity index (χ0v) is 16.8. The molecule has 2 aliphatic rings. The lowest BCUT2D eigenvalue weighted by atomic mass is 10.0. The third-order valence-corrected chi connectivity index (χ3v) is 6.04. The van der Waals surface area contributed by atoms with Gasteiger partial charge in [-0.2, -0.15) is 0 Å². The molecule has 0 bridgehead atoms. The standard InChI is InChI=1S/C21H24FN7O/c1-28(14-3-2-6-29(11-14)21(30)12-4-5-12)20-17(22)10-26-19(27-20)16-9-25-18-15(16)7-13(23)8-24-18/h7-10,12,14H,2-6,11,23H2,1H3,(H,24,25)/t14-/m0/s1. The van der Waals surface area contributed by atoms with Crippen LogP contribution >= 0.6 is 0 Å². The first-order valence-corrected chi connectivity index (χ1v) is 10.3. The van der Waals surface area contributed by atoms with Gasteiger partial charge in [0.15, 0.2) is 17.5 Å². The van der Waals surface area contributed by atoms with Gasteiger partial charge in [0, 0.05) is 49.2 Å². The number of carbonyl (C=O) groups is 1. The normalized spacial score (nSPS) is 19.3. The van der Waals surface area contributed by atoms with Crippen LogP contribution in [0.25, 0.3) is 22.4 Å². The van der Waals surface area contributed by atoms with Crippen molar-refractivity contribution in [3.05, 3.63) is 30.5 Å². The molecule has 1 atom stereocenters. The van der Waals surface area contributed by atoms with E-state index in [1.807, 2.05) is 16.8 Å². The van der Waals surface area contributed by atoms with E-state index < -0.39 is 5.82 Å². The van der Waals surface area contributed by atoms with Crippen molar-refractivity contribution in [1.82, 2.24) is 24.8 Å². The van der Waals surface area contributed by atoms with Crippen molar-refractivity contribution in [3.63, 3.8) is 0 Å². The van der Waals surface area contributed by atoms with Crippen molar-refractivity contribution in [1.29, 1.82) is 0 Å². The van der Waals surface area contributed by atoms with E-state index in [-0.39, 0.29) is 23.7 Å². The first kappa shape index (κ1) is 18.8. The summed E-state index contributed by atoms with van der Waals surface area (Å²) in [4.78, 5) is 32.3. The van der Waals surface area contributed by atoms with Crippen molar-refractivity contribution < 1.29 is 9.18 Å². The minimum absolute atomic E-state index is 0.0129. The van der Waals surface area contributed by atoms with Gasteiger partial charge in [-0.15, -0.1) is 0 Å². The van der Waals surface area contributed by atoms with Gasteiger partial charge in [0.1, 0.15) is 5.65 Å². The summed E-state index contributed by atoms with van der Waals surface area (Å²) >= 11 is 0. The fraction of sp³-hybridized carbons (Fsp3) is 0.429. The fourth-order valence-electron chi connectivity index (χ4n) is 4.17. The fourth-order valence-corrected chi connectivity index (χ4v) is 4.17. The maximum atomic E-state index is 14.7. The molecule has 30 heavy (non-hydrogen) atoms. The highest BCUT2D eigenvalue weighted by Crippen LogP contribution is 2.33. The topological polar surface area (TPSA) is 104 Å². The summed E-state index contributed by atoms with van der Waals surface area (Å²) in [6.07, 6.45) is 8.30. The third-order valence-electron chi connectivity index (χ3n) is 6.04. The molecule has 1 saturated heterocycles. The number of rotatable bonds is 4. The van der Waals surface area contributed by atoms with Gasteiger partial charge in [0.05, 0.1) is 18.1 Å². The Hall–Kier alpha value is -3.23. The van der Waals surface area contributed by atoms with Gasteiger partial charge in [0.2, 0.25) is 5.91 Å². The number of H-pyrrole nitrogens is 1. The molecule has 3 N–H and O–H groups in total. The monoisotopic (exact) mass is 409 g/mol. The van der Waals surface area contributed by atoms with Gasteiger partial charge < -0.3 is 20.5 Å². The van der Waals surface area contributed by atoms with Crippen LogP contribution in [0.3, 0.4) is 0 Å². The molecule has 8 nitrogen and oxygen atoms in total. The number of nitrogens with one attached hydrogen (secondary N) is 1. The van der Waals surface area contributed by atoms with Crippen LogP contribution in [0.15, 0.2) is 24.7 Å². The quantitative estimate of drug-likeness (QED) is 0.686. The number of likely N-dealkylation sites (N-methyl/N-ethyl adjacent to an activating group) is 1. The molecular formula is C21H24FN7O. The molecule has 3 aromatic rings. The number of hydrogen-bond acceptors (Lipinski definition) is 6. The lowest BCUT2D eigenvalue weighted by Gasteiger charge is -2.38. The minimum Gasteiger partial charge on any atom is -0.397 e. The Labute approximate surface area is 173 Å². The van der Waals surface area contributed by atoms with Crippen molar-refractivity contribution in [2.75, 3.05) is 30.8 Å². The highest BCUT2D eigenvalue weighted by molar-refractivity contribution is 5.93. The number of halogens is 1. The first-order valence-electron chi connectivity index (χ1n) is 10.3. The maximum Gasteiger partial charge on any atom is 0.225 e. The van der Waals surface area contributed by atoms with E-state index in [4.69, 9.17) is 5.73 Å². The van der Waals surface area contributed by atoms with Gasteiger partial charge in [-0.3, -0.25) is 4.79 Å². The van der Waals surface area contributed by atoms with Crippen LogP contribution in [0, 0.1) is 11.7 Å². The zero-order valence-electron chi connectivity index (χ0n) is 16.8. The van der Waals surface area contributed by atoms with Crippen LogP contribution < -0.4 is 10.6 Å². The number of aromatic nitrogens is 4. The number of piperidine rings is 1. The number of likely N-dealkylation sites (tertiary alicyclic amines) is 1. The lowest BCUT2D eigenvalue weighted by Crippen LogP contribution is -2.49. The second-order valence-electron chi connectivity index (χ2n) is 8.20. The summed E-state index contributed by atoms with van der Waals surface area (Å²) < 4.78 is 14.7. The second kappa shape index (κ2) is 7.23. The van der Waals surface area contributed by atoms with Gasteiger partial charge in [-0.1, -0.05) is 0 Å². The van der Waals surface area contributed by atoms with Crippen LogP contribution in [-0.4, -0.2) is 56.9 Å². The largest absolute Gasteiger partial charge is 0.397 e. The van der Waals surface area contributed by atoms with E-state index in [0.29, 0.717) is 29.3 Å². The first-order chi connectivity index (χ1) is 14.5. The average Bonchev–Trinajstić information content (AvgIpc) is 3.53. The Morgan fingerprint density at radius 2 is 2.13 bits per heavy atom. The molecule has 1 saturated carbocycles. The van der Waals surface area contributed by atoms with Crippen molar-refractivity contribution >= 4 is 28.4 Å². The van der Waals surface area contributed by atoms with Crippen LogP contribution in [0.1, 0.15) is 25.7 Å². The zero-order chi connectivity index (χ0) is 20.8. The third kappa shape index (κ3) is 3.34. The van der Waals surface area contributed by atoms with Gasteiger partial charge in [-0.25, -0.2) is 19.3 Å². The number of anilines is 2. The number of fused-ring (bicyclic) bond motifs is 1. The predicted molar refractivity (Wildman–Crippen MR) is 112 cm³/mol. The minimum atomic E-state index is -0.482. The summed E-state index contributed by atoms with van der Waals surface area (Å²) in [6.45, 7) is 1.37. The van der Waals surface area contributed by atoms with Crippen molar-refractivity contribution in [2.24, 2.45) is 5.92 Å². The Balaban J connectivity index is 1.44. The predicted octanol–water partition coefficient (Wildman–Crippen LogP) is 2.58. The van der Waals surface area contributed by atoms with E-state index in [9.17, 15) is 9.18 Å². The van der Waals surface area contributed by atoms with Crippen LogP contribution in [0.2, 0.25) is 0 Å². The number of carbonyl (C=O) groups excluding carboxylic acids is 1. The maximum absolute atomic E-state index is 14.7. The highest BCUT2D eigenvalue weighted by atomic mass is 19.1. The number of pyridine rings is 1. The second-order valence-corrected chi connectivity index (χ2v) is 8.20. The SMILES string of the molecule is CN(c1nc(-c2c[nH]c3ncc(N)cc23)ncc1F)[C@H]1CCCN(C(=O)C2CC2)C1. The van der Waals surface area contributed by atoms with Crippen LogP contribution in [-0.2, 0) is 4.79 Å². The van der Waals surface area contributed by atoms with Crippen LogP contribution in [0.4, 0.5) is 15.9 Å². The molecule has 0 unspecified atom stereocenters. The summed E-state index contributed by atoms with van der Waals surface area (Å²) in [5.41, 5.74) is 7.79. The average molecular weight is 409 g/mol. The van der Waals surface area contributed by atoms with Gasteiger partial charge in [0.25, 0.3) is 0 Å². The molecule has 4 heterocycles. The number of amides is 1. The molecule has 2 fully saturated rings. The molecule has 1 aliphatic carbocycles. The number of nitrogen functional groups attached to an aromatic ring is 1. The van der Waals surface area contributed by atoms with E-state index >= 15 is 0 Å². The van der Waals surface area contributed by atoms with Crippen molar-refractivity contribution in [2.45, 2.75) is 31.7 Å². The molecule has 156 valence electrons. The van der Waals surface area contributed by atoms with E-state index in [0.717, 1.165) is 37.6 Å². The number of aromatic amines is 1. The number of nitrogens with two attached hydrogens (primary N) is 1. The molecule has 0 radical (unpaired) electrons. The molecule has 3 aromatic heterocycles. The Morgan fingerprint density at radius 1 is 1.30 bits per heavy atom. The molecular weight excluding hydrogens is 385 g/mol. The summed E-state index contributed by atoms with van der Waals surface area (Å²) in [6, 6.07) is 1.81. The Kier molecular flexibility index (Phi) is 4.52. The van der Waals surface area contributed by atoms with E-state index in [1.54, 1.807) is 18.5 Å². The molecule has 5 rings (SSSR count). The van der Waals surface area contributed by atoms with E-state index in [1.165, 1.54) is 6.20 Å². The highest BCUT2D eigenvalue weighted by Gasteiger charge is 2.36. The lowest BCUT2D eigenvalue weighted by molar-refractivity contribution is -0.133.